The van der Waals surface area contributed by atoms with Gasteiger partial charge in [0.25, 0.3) is 5.56 Å². The molecule has 0 fully saturated rings. The first kappa shape index (κ1) is 22.3. The molecule has 3 rings (SSSR count). The molecule has 2 aromatic rings. The third-order valence-corrected chi connectivity index (χ3v) is 7.51. The van der Waals surface area contributed by atoms with Gasteiger partial charge in [0.15, 0.2) is 0 Å². The summed E-state index contributed by atoms with van der Waals surface area (Å²) in [6, 6.07) is 0.943. The van der Waals surface area contributed by atoms with Crippen molar-refractivity contribution in [1.29, 1.82) is 0 Å². The highest BCUT2D eigenvalue weighted by atomic mass is 32.2. The Bertz CT molecular complexity index is 896. The fourth-order valence-corrected chi connectivity index (χ4v) is 6.06. The molecule has 0 aromatic carbocycles. The smallest absolute Gasteiger partial charge is 0.259 e. The Kier molecular flexibility index (Phi) is 7.76. The van der Waals surface area contributed by atoms with E-state index in [2.05, 4.69) is 47.9 Å². The fraction of sp³-hybridized carbons (Fsp3) is 0.667. The summed E-state index contributed by atoms with van der Waals surface area (Å²) in [4.78, 5) is 36.7. The van der Waals surface area contributed by atoms with E-state index in [1.54, 1.807) is 23.1 Å². The molecule has 0 aliphatic heterocycles. The van der Waals surface area contributed by atoms with Crippen LogP contribution in [0.5, 0.6) is 0 Å². The van der Waals surface area contributed by atoms with E-state index in [0.717, 1.165) is 36.0 Å². The minimum absolute atomic E-state index is 0.0115. The lowest BCUT2D eigenvalue weighted by Gasteiger charge is -2.30. The van der Waals surface area contributed by atoms with Crippen molar-refractivity contribution in [2.24, 2.45) is 0 Å². The minimum atomic E-state index is -0.0115. The van der Waals surface area contributed by atoms with Crippen LogP contribution in [-0.2, 0) is 23.4 Å². The Morgan fingerprint density at radius 2 is 2.03 bits per heavy atom. The topological polar surface area (TPSA) is 78.1 Å². The number of aromatic nitrogens is 2. The lowest BCUT2D eigenvalue weighted by atomic mass is 10.2. The zero-order chi connectivity index (χ0) is 21.0. The number of amides is 1. The summed E-state index contributed by atoms with van der Waals surface area (Å²) in [7, 11) is 0. The van der Waals surface area contributed by atoms with Crippen molar-refractivity contribution in [3.8, 4) is 0 Å². The summed E-state index contributed by atoms with van der Waals surface area (Å²) >= 11 is 3.30. The van der Waals surface area contributed by atoms with Crippen LogP contribution >= 0.6 is 23.1 Å². The Hall–Kier alpha value is -1.38. The molecule has 0 saturated heterocycles. The Balaban J connectivity index is 1.41. The van der Waals surface area contributed by atoms with Gasteiger partial charge >= 0.3 is 0 Å². The van der Waals surface area contributed by atoms with Gasteiger partial charge < -0.3 is 10.3 Å². The van der Waals surface area contributed by atoms with E-state index in [9.17, 15) is 9.59 Å². The average Bonchev–Trinajstić information content (AvgIpc) is 3.22. The second-order valence-electron chi connectivity index (χ2n) is 8.13. The quantitative estimate of drug-likeness (QED) is 0.559. The van der Waals surface area contributed by atoms with E-state index in [1.165, 1.54) is 10.4 Å². The number of nitrogens with one attached hydrogen (secondary N) is 2. The highest BCUT2D eigenvalue weighted by Crippen LogP contribution is 2.34. The summed E-state index contributed by atoms with van der Waals surface area (Å²) in [5, 5.41) is 3.81. The molecule has 8 heteroatoms. The molecule has 1 amide bonds. The van der Waals surface area contributed by atoms with E-state index < -0.39 is 0 Å². The zero-order valence-electron chi connectivity index (χ0n) is 17.8. The molecule has 2 N–H and O–H groups in total. The van der Waals surface area contributed by atoms with Crippen molar-refractivity contribution < 1.29 is 4.79 Å². The zero-order valence-corrected chi connectivity index (χ0v) is 19.5. The highest BCUT2D eigenvalue weighted by molar-refractivity contribution is 7.98. The predicted octanol–water partition coefficient (Wildman–Crippen LogP) is 3.33. The maximum atomic E-state index is 12.5. The second kappa shape index (κ2) is 10.1. The molecular formula is C21H32N4O2S2. The summed E-state index contributed by atoms with van der Waals surface area (Å²) in [6.45, 7) is 10.3. The monoisotopic (exact) mass is 436 g/mol. The van der Waals surface area contributed by atoms with Crippen molar-refractivity contribution in [1.82, 2.24) is 20.2 Å². The van der Waals surface area contributed by atoms with Crippen LogP contribution in [0.25, 0.3) is 10.2 Å². The van der Waals surface area contributed by atoms with Gasteiger partial charge in [0, 0.05) is 42.2 Å². The molecule has 0 unspecified atom stereocenters. The van der Waals surface area contributed by atoms with Crippen LogP contribution in [0.3, 0.4) is 0 Å². The van der Waals surface area contributed by atoms with Crippen molar-refractivity contribution in [3.05, 3.63) is 26.6 Å². The largest absolute Gasteiger partial charge is 0.355 e. The molecule has 1 aliphatic rings. The fourth-order valence-electron chi connectivity index (χ4n) is 3.97. The van der Waals surface area contributed by atoms with Crippen LogP contribution in [0.1, 0.15) is 56.8 Å². The molecule has 160 valence electrons. The number of fused-ring (bicyclic) bond motifs is 3. The van der Waals surface area contributed by atoms with Crippen LogP contribution < -0.4 is 10.9 Å². The SMILES string of the molecule is CC(C)N(CCNC(=O)CCSCc1nc2sc3c(c2c(=O)[nH]1)CCC3)C(C)C. The normalized spacial score (nSPS) is 13.8. The molecule has 0 spiro atoms. The van der Waals surface area contributed by atoms with Gasteiger partial charge in [-0.1, -0.05) is 0 Å². The summed E-state index contributed by atoms with van der Waals surface area (Å²) in [5.74, 6) is 2.12. The van der Waals surface area contributed by atoms with E-state index in [0.29, 0.717) is 42.4 Å². The van der Waals surface area contributed by atoms with Gasteiger partial charge in [-0.2, -0.15) is 11.8 Å². The molecule has 0 saturated carbocycles. The lowest BCUT2D eigenvalue weighted by molar-refractivity contribution is -0.120. The Labute approximate surface area is 180 Å². The molecule has 29 heavy (non-hydrogen) atoms. The molecule has 1 aliphatic carbocycles. The number of nitrogens with zero attached hydrogens (tertiary/aromatic N) is 2. The van der Waals surface area contributed by atoms with Crippen molar-refractivity contribution in [2.45, 2.75) is 71.2 Å². The van der Waals surface area contributed by atoms with Crippen LogP contribution in [0.4, 0.5) is 0 Å². The maximum Gasteiger partial charge on any atom is 0.259 e. The van der Waals surface area contributed by atoms with Gasteiger partial charge in [0.1, 0.15) is 10.7 Å². The summed E-state index contributed by atoms with van der Waals surface area (Å²) in [6.07, 6.45) is 3.69. The third-order valence-electron chi connectivity index (χ3n) is 5.36. The molecule has 0 bridgehead atoms. The van der Waals surface area contributed by atoms with Crippen molar-refractivity contribution in [2.75, 3.05) is 18.8 Å². The maximum absolute atomic E-state index is 12.5. The number of carbonyl (C=O) groups is 1. The first-order valence-electron chi connectivity index (χ1n) is 10.5. The van der Waals surface area contributed by atoms with Crippen molar-refractivity contribution >= 4 is 39.2 Å². The van der Waals surface area contributed by atoms with Gasteiger partial charge in [0.05, 0.1) is 11.1 Å². The minimum Gasteiger partial charge on any atom is -0.355 e. The van der Waals surface area contributed by atoms with Gasteiger partial charge in [-0.3, -0.25) is 14.5 Å². The highest BCUT2D eigenvalue weighted by Gasteiger charge is 2.21. The number of carbonyl (C=O) groups excluding carboxylic acids is 1. The van der Waals surface area contributed by atoms with Gasteiger partial charge in [-0.25, -0.2) is 4.98 Å². The molecule has 2 aromatic heterocycles. The van der Waals surface area contributed by atoms with Crippen LogP contribution in [0.2, 0.25) is 0 Å². The van der Waals surface area contributed by atoms with Gasteiger partial charge in [-0.15, -0.1) is 11.3 Å². The third kappa shape index (κ3) is 5.61. The van der Waals surface area contributed by atoms with E-state index in [4.69, 9.17) is 0 Å². The predicted molar refractivity (Wildman–Crippen MR) is 123 cm³/mol. The number of thiophene rings is 1. The molecular weight excluding hydrogens is 404 g/mol. The Morgan fingerprint density at radius 3 is 2.76 bits per heavy atom. The average molecular weight is 437 g/mol. The van der Waals surface area contributed by atoms with Crippen LogP contribution in [-0.4, -0.2) is 51.7 Å². The number of thioether (sulfide) groups is 1. The number of aryl methyl sites for hydroxylation is 2. The van der Waals surface area contributed by atoms with Crippen LogP contribution in [0, 0.1) is 0 Å². The van der Waals surface area contributed by atoms with E-state index >= 15 is 0 Å². The second-order valence-corrected chi connectivity index (χ2v) is 10.3. The number of rotatable bonds is 10. The molecule has 2 heterocycles. The number of H-pyrrole nitrogens is 1. The van der Waals surface area contributed by atoms with E-state index in [-0.39, 0.29) is 11.5 Å². The standard InChI is InChI=1S/C21H32N4O2S2/c1-13(2)25(14(3)4)10-9-22-18(26)8-11-28-12-17-23-20(27)19-15-6-5-7-16(15)29-21(19)24-17/h13-14H,5-12H2,1-4H3,(H,22,26)(H,23,24,27). The first-order valence-corrected chi connectivity index (χ1v) is 12.5. The van der Waals surface area contributed by atoms with Crippen molar-refractivity contribution in [3.63, 3.8) is 0 Å². The number of hydrogen-bond donors (Lipinski definition) is 2. The summed E-state index contributed by atoms with van der Waals surface area (Å²) < 4.78 is 0. The first-order chi connectivity index (χ1) is 13.9. The number of aromatic amines is 1. The summed E-state index contributed by atoms with van der Waals surface area (Å²) in [5.41, 5.74) is 1.20. The van der Waals surface area contributed by atoms with Gasteiger partial charge in [-0.05, 0) is 52.5 Å². The molecule has 0 radical (unpaired) electrons. The van der Waals surface area contributed by atoms with Crippen LogP contribution in [0.15, 0.2) is 4.79 Å². The Morgan fingerprint density at radius 1 is 1.28 bits per heavy atom. The molecule has 0 atom stereocenters. The lowest BCUT2D eigenvalue weighted by Crippen LogP contribution is -2.42. The molecule has 6 nitrogen and oxygen atoms in total. The van der Waals surface area contributed by atoms with Gasteiger partial charge in [0.2, 0.25) is 5.91 Å². The number of hydrogen-bond acceptors (Lipinski definition) is 6. The van der Waals surface area contributed by atoms with E-state index in [1.807, 2.05) is 0 Å².